The molecule has 0 saturated heterocycles. The standard InChI is InChI=1S/C12H14ClF2N2OP/c13-10-2-1-8(4-16-10)5-17(6-11(14)15)9-3-12(19)18-7-9/h1-4,10-11,16,19H,5-7H2. The fourth-order valence-electron chi connectivity index (χ4n) is 1.84. The third-order valence-corrected chi connectivity index (χ3v) is 3.28. The van der Waals surface area contributed by atoms with Gasteiger partial charge in [-0.05, 0) is 17.7 Å². The highest BCUT2D eigenvalue weighted by atomic mass is 35.5. The maximum absolute atomic E-state index is 12.6. The van der Waals surface area contributed by atoms with E-state index >= 15 is 0 Å². The molecule has 2 rings (SSSR count). The van der Waals surface area contributed by atoms with E-state index in [2.05, 4.69) is 14.2 Å². The van der Waals surface area contributed by atoms with Crippen LogP contribution in [0.2, 0.25) is 0 Å². The average molecular weight is 307 g/mol. The number of hydrogen-bond donors (Lipinski definition) is 1. The van der Waals surface area contributed by atoms with Crippen molar-refractivity contribution in [2.75, 3.05) is 19.7 Å². The molecule has 0 spiro atoms. The highest BCUT2D eigenvalue weighted by molar-refractivity contribution is 7.21. The van der Waals surface area contributed by atoms with Crippen molar-refractivity contribution in [1.29, 1.82) is 0 Å². The van der Waals surface area contributed by atoms with Gasteiger partial charge in [0.25, 0.3) is 6.43 Å². The lowest BCUT2D eigenvalue weighted by Gasteiger charge is -2.26. The van der Waals surface area contributed by atoms with E-state index in [-0.39, 0.29) is 12.0 Å². The van der Waals surface area contributed by atoms with Crippen molar-refractivity contribution >= 4 is 25.9 Å². The van der Waals surface area contributed by atoms with Gasteiger partial charge in [-0.25, -0.2) is 8.78 Å². The molecule has 7 heteroatoms. The normalized spacial score (nSPS) is 22.3. The number of hydrogen-bond acceptors (Lipinski definition) is 3. The van der Waals surface area contributed by atoms with Gasteiger partial charge < -0.3 is 15.0 Å². The van der Waals surface area contributed by atoms with Crippen molar-refractivity contribution in [2.24, 2.45) is 0 Å². The lowest BCUT2D eigenvalue weighted by molar-refractivity contribution is 0.103. The SMILES string of the molecule is FC(F)CN(CC1=CNC(Cl)C=C1)C1=CC(=P)OC1. The van der Waals surface area contributed by atoms with Crippen molar-refractivity contribution in [2.45, 2.75) is 11.9 Å². The lowest BCUT2D eigenvalue weighted by Crippen LogP contribution is -2.32. The summed E-state index contributed by atoms with van der Waals surface area (Å²) in [7, 11) is 3.24. The summed E-state index contributed by atoms with van der Waals surface area (Å²) in [5, 5.41) is 2.93. The van der Waals surface area contributed by atoms with E-state index < -0.39 is 6.43 Å². The van der Waals surface area contributed by atoms with Crippen LogP contribution in [-0.2, 0) is 4.74 Å². The summed E-state index contributed by atoms with van der Waals surface area (Å²) in [4.78, 5) is 1.60. The van der Waals surface area contributed by atoms with Gasteiger partial charge in [0.05, 0.1) is 18.6 Å². The number of rotatable bonds is 5. The molecule has 2 aliphatic heterocycles. The van der Waals surface area contributed by atoms with Gasteiger partial charge in [0.2, 0.25) is 0 Å². The number of ether oxygens (including phenoxy) is 1. The minimum Gasteiger partial charge on any atom is -0.372 e. The number of dihydropyridines is 1. The van der Waals surface area contributed by atoms with Crippen molar-refractivity contribution in [1.82, 2.24) is 10.2 Å². The molecule has 104 valence electrons. The van der Waals surface area contributed by atoms with Crippen molar-refractivity contribution in [3.05, 3.63) is 35.7 Å². The Morgan fingerprint density at radius 1 is 1.58 bits per heavy atom. The summed E-state index contributed by atoms with van der Waals surface area (Å²) in [5.41, 5.74) is 1.93. The van der Waals surface area contributed by atoms with E-state index in [1.54, 1.807) is 23.3 Å². The van der Waals surface area contributed by atoms with E-state index in [1.165, 1.54) is 0 Å². The fraction of sp³-hybridized carbons (Fsp3) is 0.417. The molecule has 1 atom stereocenters. The van der Waals surface area contributed by atoms with Crippen molar-refractivity contribution in [3.63, 3.8) is 0 Å². The Hall–Kier alpha value is -0.900. The summed E-state index contributed by atoms with van der Waals surface area (Å²) in [6.07, 6.45) is 4.66. The zero-order valence-electron chi connectivity index (χ0n) is 10.1. The first kappa shape index (κ1) is 14.5. The Morgan fingerprint density at radius 2 is 2.37 bits per heavy atom. The van der Waals surface area contributed by atoms with Crippen LogP contribution in [0.4, 0.5) is 8.78 Å². The van der Waals surface area contributed by atoms with Crippen LogP contribution in [0.15, 0.2) is 35.7 Å². The van der Waals surface area contributed by atoms with E-state index in [9.17, 15) is 8.78 Å². The summed E-state index contributed by atoms with van der Waals surface area (Å²) < 4.78 is 30.5. The molecule has 0 aromatic heterocycles. The molecule has 0 aromatic carbocycles. The Balaban J connectivity index is 2.04. The van der Waals surface area contributed by atoms with E-state index in [0.717, 1.165) is 11.3 Å². The monoisotopic (exact) mass is 306 g/mol. The fourth-order valence-corrected chi connectivity index (χ4v) is 2.21. The first-order chi connectivity index (χ1) is 9.04. The molecule has 2 heterocycles. The number of alkyl halides is 3. The minimum absolute atomic E-state index is 0.247. The Bertz CT molecular complexity index is 451. The smallest absolute Gasteiger partial charge is 0.255 e. The van der Waals surface area contributed by atoms with Crippen molar-refractivity contribution < 1.29 is 13.5 Å². The summed E-state index contributed by atoms with van der Waals surface area (Å²) >= 11 is 5.83. The molecule has 0 amide bonds. The largest absolute Gasteiger partial charge is 0.372 e. The predicted octanol–water partition coefficient (Wildman–Crippen LogP) is 2.35. The first-order valence-electron chi connectivity index (χ1n) is 5.77. The Morgan fingerprint density at radius 3 is 2.89 bits per heavy atom. The average Bonchev–Trinajstić information content (AvgIpc) is 2.77. The van der Waals surface area contributed by atoms with Gasteiger partial charge in [-0.1, -0.05) is 26.5 Å². The van der Waals surface area contributed by atoms with Crippen molar-refractivity contribution in [3.8, 4) is 0 Å². The predicted molar refractivity (Wildman–Crippen MR) is 74.9 cm³/mol. The highest BCUT2D eigenvalue weighted by Crippen LogP contribution is 2.18. The maximum Gasteiger partial charge on any atom is 0.255 e. The van der Waals surface area contributed by atoms with Gasteiger partial charge in [-0.15, -0.1) is 0 Å². The molecule has 19 heavy (non-hydrogen) atoms. The molecule has 3 nitrogen and oxygen atoms in total. The number of nitrogens with one attached hydrogen (secondary N) is 1. The minimum atomic E-state index is -2.40. The molecule has 0 saturated carbocycles. The first-order valence-corrected chi connectivity index (χ1v) is 6.70. The van der Waals surface area contributed by atoms with Gasteiger partial charge in [0.1, 0.15) is 5.50 Å². The topological polar surface area (TPSA) is 24.5 Å². The molecule has 1 unspecified atom stereocenters. The molecular formula is C12H14ClF2N2OP. The van der Waals surface area contributed by atoms with Gasteiger partial charge in [-0.3, -0.25) is 0 Å². The van der Waals surface area contributed by atoms with Crippen LogP contribution in [-0.4, -0.2) is 42.0 Å². The molecular weight excluding hydrogens is 293 g/mol. The molecule has 0 radical (unpaired) electrons. The van der Waals surface area contributed by atoms with Crippen LogP contribution in [0.5, 0.6) is 0 Å². The van der Waals surface area contributed by atoms with Crippen LogP contribution in [0.3, 0.4) is 0 Å². The molecule has 0 fully saturated rings. The van der Waals surface area contributed by atoms with Gasteiger partial charge in [-0.2, -0.15) is 0 Å². The van der Waals surface area contributed by atoms with E-state index in [1.807, 2.05) is 6.08 Å². The Labute approximate surface area is 117 Å². The molecule has 2 aliphatic rings. The maximum atomic E-state index is 12.6. The van der Waals surface area contributed by atoms with Gasteiger partial charge in [0.15, 0.2) is 0 Å². The second-order valence-corrected chi connectivity index (χ2v) is 5.17. The third kappa shape index (κ3) is 4.30. The molecule has 0 aromatic rings. The lowest BCUT2D eigenvalue weighted by atomic mass is 10.2. The molecule has 0 aliphatic carbocycles. The van der Waals surface area contributed by atoms with Crippen LogP contribution >= 0.6 is 20.5 Å². The zero-order valence-corrected chi connectivity index (χ0v) is 11.8. The third-order valence-electron chi connectivity index (χ3n) is 2.72. The summed E-state index contributed by atoms with van der Waals surface area (Å²) in [6.45, 7) is 0.352. The second kappa shape index (κ2) is 6.51. The van der Waals surface area contributed by atoms with Crippen LogP contribution in [0.25, 0.3) is 0 Å². The quantitative estimate of drug-likeness (QED) is 0.479. The van der Waals surface area contributed by atoms with E-state index in [0.29, 0.717) is 18.6 Å². The Kier molecular flexibility index (Phi) is 4.97. The van der Waals surface area contributed by atoms with E-state index in [4.69, 9.17) is 16.3 Å². The number of nitrogens with zero attached hydrogens (tertiary/aromatic N) is 1. The second-order valence-electron chi connectivity index (χ2n) is 4.21. The number of halogens is 3. The zero-order chi connectivity index (χ0) is 13.8. The molecule has 1 N–H and O–H groups in total. The van der Waals surface area contributed by atoms with Crippen LogP contribution < -0.4 is 5.32 Å². The van der Waals surface area contributed by atoms with Gasteiger partial charge in [0, 0.05) is 18.4 Å². The highest BCUT2D eigenvalue weighted by Gasteiger charge is 2.20. The molecule has 0 bridgehead atoms. The van der Waals surface area contributed by atoms with Crippen LogP contribution in [0, 0.1) is 0 Å². The van der Waals surface area contributed by atoms with Crippen LogP contribution in [0.1, 0.15) is 0 Å². The van der Waals surface area contributed by atoms with Gasteiger partial charge >= 0.3 is 0 Å². The summed E-state index contributed by atoms with van der Waals surface area (Å²) in [6, 6.07) is 0. The summed E-state index contributed by atoms with van der Waals surface area (Å²) in [5.74, 6) is 0.